The molecule has 0 unspecified atom stereocenters. The second-order valence-corrected chi connectivity index (χ2v) is 14.7. The summed E-state index contributed by atoms with van der Waals surface area (Å²) >= 11 is 6.91. The highest BCUT2D eigenvalue weighted by Gasteiger charge is 2.47. The van der Waals surface area contributed by atoms with E-state index in [0.717, 1.165) is 68.9 Å². The second kappa shape index (κ2) is 11.2. The largest absolute Gasteiger partial charge is 0.508 e. The number of hydrogen-bond donors (Lipinski definition) is 2. The van der Waals surface area contributed by atoms with Gasteiger partial charge in [-0.2, -0.15) is 9.97 Å². The molecule has 10 rings (SSSR count). The maximum atomic E-state index is 16.9. The monoisotopic (exact) mass is 643 g/mol. The van der Waals surface area contributed by atoms with E-state index in [0.29, 0.717) is 59.7 Å². The van der Waals surface area contributed by atoms with Crippen molar-refractivity contribution in [2.24, 2.45) is 5.92 Å². The van der Waals surface area contributed by atoms with Gasteiger partial charge in [0.15, 0.2) is 5.82 Å². The number of piperazine rings is 1. The Morgan fingerprint density at radius 2 is 1.74 bits per heavy atom. The highest BCUT2D eigenvalue weighted by molar-refractivity contribution is 6.35. The van der Waals surface area contributed by atoms with Crippen LogP contribution in [-0.2, 0) is 4.74 Å². The Balaban J connectivity index is 1.07. The van der Waals surface area contributed by atoms with E-state index < -0.39 is 5.82 Å². The lowest BCUT2D eigenvalue weighted by Crippen LogP contribution is -2.63. The highest BCUT2D eigenvalue weighted by Crippen LogP contribution is 2.44. The van der Waals surface area contributed by atoms with E-state index >= 15 is 4.39 Å². The lowest BCUT2D eigenvalue weighted by Gasteiger charge is -2.56. The Labute approximate surface area is 272 Å². The van der Waals surface area contributed by atoms with Gasteiger partial charge in [-0.25, -0.2) is 4.39 Å². The number of phenolic OH excluding ortho intramolecular Hbond substituents is 1. The third kappa shape index (κ3) is 4.98. The van der Waals surface area contributed by atoms with Crippen molar-refractivity contribution < 1.29 is 19.0 Å². The van der Waals surface area contributed by atoms with E-state index in [2.05, 4.69) is 22.0 Å². The Bertz CT molecular complexity index is 1800. The van der Waals surface area contributed by atoms with Crippen molar-refractivity contribution in [1.82, 2.24) is 20.2 Å². The van der Waals surface area contributed by atoms with Gasteiger partial charge < -0.3 is 24.8 Å². The SMILES string of the molecule is C[C@@H](COc1nc(N2C[C@H]3CC[C@@H](C2)N3)c2cc(Cl)c(-c3cc(O)cc4ccccc34)c(F)c2n1)CN1C2CC3CC1CC(C2)O3. The number of anilines is 1. The molecule has 7 heterocycles. The van der Waals surface area contributed by atoms with E-state index in [1.165, 1.54) is 0 Å². The number of rotatable bonds is 7. The van der Waals surface area contributed by atoms with Crippen LogP contribution in [0.5, 0.6) is 11.8 Å². The number of halogens is 2. The zero-order valence-corrected chi connectivity index (χ0v) is 26.7. The molecule has 6 bridgehead atoms. The number of piperidine rings is 2. The van der Waals surface area contributed by atoms with Crippen LogP contribution in [0.3, 0.4) is 0 Å². The van der Waals surface area contributed by atoms with Gasteiger partial charge in [-0.1, -0.05) is 42.8 Å². The lowest BCUT2D eigenvalue weighted by molar-refractivity contribution is -0.184. The van der Waals surface area contributed by atoms with Gasteiger partial charge in [0.05, 0.1) is 23.8 Å². The molecule has 0 radical (unpaired) electrons. The van der Waals surface area contributed by atoms with E-state index in [1.54, 1.807) is 18.2 Å². The molecular weight excluding hydrogens is 605 g/mol. The van der Waals surface area contributed by atoms with Crippen molar-refractivity contribution in [3.05, 3.63) is 53.3 Å². The minimum absolute atomic E-state index is 0.0457. The van der Waals surface area contributed by atoms with Crippen LogP contribution in [0.4, 0.5) is 10.2 Å². The van der Waals surface area contributed by atoms with Crippen molar-refractivity contribution in [2.75, 3.05) is 31.1 Å². The molecule has 0 aliphatic carbocycles. The molecule has 3 atom stereocenters. The van der Waals surface area contributed by atoms with Gasteiger partial charge in [0, 0.05) is 60.7 Å². The number of aromatic hydroxyl groups is 1. The lowest BCUT2D eigenvalue weighted by atomic mass is 9.77. The molecule has 240 valence electrons. The second-order valence-electron chi connectivity index (χ2n) is 14.3. The van der Waals surface area contributed by atoms with Gasteiger partial charge in [0.25, 0.3) is 0 Å². The summed E-state index contributed by atoms with van der Waals surface area (Å²) in [7, 11) is 0. The van der Waals surface area contributed by atoms with E-state index in [1.807, 2.05) is 24.3 Å². The number of phenols is 1. The van der Waals surface area contributed by atoms with Crippen LogP contribution in [0.2, 0.25) is 5.02 Å². The third-order valence-corrected chi connectivity index (χ3v) is 11.3. The van der Waals surface area contributed by atoms with Crippen molar-refractivity contribution >= 4 is 39.1 Å². The molecule has 0 amide bonds. The first-order chi connectivity index (χ1) is 22.4. The predicted molar refractivity (Wildman–Crippen MR) is 177 cm³/mol. The number of benzene rings is 3. The van der Waals surface area contributed by atoms with Crippen LogP contribution >= 0.6 is 11.6 Å². The quantitative estimate of drug-likeness (QED) is 0.243. The molecule has 0 saturated carbocycles. The van der Waals surface area contributed by atoms with Gasteiger partial charge in [0.1, 0.15) is 17.1 Å². The molecule has 8 nitrogen and oxygen atoms in total. The van der Waals surface area contributed by atoms with E-state index in [-0.39, 0.29) is 33.8 Å². The predicted octanol–water partition coefficient (Wildman–Crippen LogP) is 6.30. The summed E-state index contributed by atoms with van der Waals surface area (Å²) in [5.41, 5.74) is 0.908. The zero-order valence-electron chi connectivity index (χ0n) is 26.0. The first-order valence-corrected chi connectivity index (χ1v) is 17.2. The Hall–Kier alpha value is -3.24. The Kier molecular flexibility index (Phi) is 7.04. The molecule has 6 aliphatic rings. The van der Waals surface area contributed by atoms with Crippen LogP contribution < -0.4 is 15.0 Å². The van der Waals surface area contributed by atoms with Gasteiger partial charge in [-0.3, -0.25) is 4.90 Å². The number of hydrogen-bond acceptors (Lipinski definition) is 8. The first kappa shape index (κ1) is 28.9. The summed E-state index contributed by atoms with van der Waals surface area (Å²) in [6.45, 7) is 5.16. The van der Waals surface area contributed by atoms with Crippen LogP contribution in [0.1, 0.15) is 45.4 Å². The Morgan fingerprint density at radius 1 is 1.02 bits per heavy atom. The first-order valence-electron chi connectivity index (χ1n) is 16.8. The maximum absolute atomic E-state index is 16.9. The summed E-state index contributed by atoms with van der Waals surface area (Å²) in [5.74, 6) is 0.411. The molecule has 46 heavy (non-hydrogen) atoms. The normalized spacial score (nSPS) is 29.2. The van der Waals surface area contributed by atoms with Crippen LogP contribution in [0.25, 0.3) is 32.8 Å². The number of nitrogens with zero attached hydrogens (tertiary/aromatic N) is 4. The molecule has 6 aliphatic heterocycles. The fourth-order valence-electron chi connectivity index (χ4n) is 9.04. The smallest absolute Gasteiger partial charge is 0.319 e. The average molecular weight is 644 g/mol. The summed E-state index contributed by atoms with van der Waals surface area (Å²) < 4.78 is 29.4. The number of nitrogens with one attached hydrogen (secondary N) is 1. The average Bonchev–Trinajstić information content (AvgIpc) is 3.38. The topological polar surface area (TPSA) is 83.0 Å². The summed E-state index contributed by atoms with van der Waals surface area (Å²) in [4.78, 5) is 14.6. The van der Waals surface area contributed by atoms with Gasteiger partial charge in [-0.05, 0) is 73.1 Å². The van der Waals surface area contributed by atoms with Crippen LogP contribution in [0, 0.1) is 11.7 Å². The maximum Gasteiger partial charge on any atom is 0.319 e. The minimum atomic E-state index is -0.542. The number of fused-ring (bicyclic) bond motifs is 4. The molecule has 10 heteroatoms. The number of ether oxygens (including phenoxy) is 2. The van der Waals surface area contributed by atoms with E-state index in [9.17, 15) is 5.11 Å². The van der Waals surface area contributed by atoms with Crippen LogP contribution in [0.15, 0.2) is 42.5 Å². The zero-order chi connectivity index (χ0) is 31.1. The molecule has 6 saturated heterocycles. The molecule has 3 aromatic carbocycles. The van der Waals surface area contributed by atoms with Gasteiger partial charge in [0.2, 0.25) is 0 Å². The molecule has 4 aromatic rings. The van der Waals surface area contributed by atoms with Gasteiger partial charge in [-0.15, -0.1) is 0 Å². The summed E-state index contributed by atoms with van der Waals surface area (Å²) in [6, 6.07) is 14.7. The van der Waals surface area contributed by atoms with Crippen molar-refractivity contribution in [3.63, 3.8) is 0 Å². The fourth-order valence-corrected chi connectivity index (χ4v) is 9.34. The summed E-state index contributed by atoms with van der Waals surface area (Å²) in [5, 5.41) is 16.6. The van der Waals surface area contributed by atoms with Crippen molar-refractivity contribution in [2.45, 2.75) is 81.8 Å². The minimum Gasteiger partial charge on any atom is -0.508 e. The molecule has 6 fully saturated rings. The van der Waals surface area contributed by atoms with Crippen LogP contribution in [-0.4, -0.2) is 82.6 Å². The molecule has 1 aromatic heterocycles. The third-order valence-electron chi connectivity index (χ3n) is 11.0. The fraction of sp³-hybridized carbons (Fsp3) is 0.500. The molecular formula is C36H39ClFN5O3. The standard InChI is InChI=1S/C36H39ClFN5O3/c1-19(15-43-23-9-26-11-24(43)12-27(10-23)46-26)18-45-36-40-34-30(35(41-36)42-16-21-6-7-22(17-42)39-21)14-31(37)32(33(34)38)29-13-25(44)8-20-4-2-3-5-28(20)29/h2-5,8,13-14,19,21-24,26-27,39,44H,6-7,9-12,15-18H2,1H3/t19-,21-,22+,23?,24?,26?,27?/m1/s1. The summed E-state index contributed by atoms with van der Waals surface area (Å²) in [6.07, 6.45) is 7.60. The molecule has 2 N–H and O–H groups in total. The van der Waals surface area contributed by atoms with Crippen molar-refractivity contribution in [3.8, 4) is 22.9 Å². The number of aromatic nitrogens is 2. The Morgan fingerprint density at radius 3 is 2.48 bits per heavy atom. The van der Waals surface area contributed by atoms with E-state index in [4.69, 9.17) is 31.0 Å². The van der Waals surface area contributed by atoms with Crippen molar-refractivity contribution in [1.29, 1.82) is 0 Å². The molecule has 0 spiro atoms. The highest BCUT2D eigenvalue weighted by atomic mass is 35.5. The van der Waals surface area contributed by atoms with Gasteiger partial charge >= 0.3 is 6.01 Å².